The van der Waals surface area contributed by atoms with Crippen LogP contribution in [0.2, 0.25) is 0 Å². The minimum absolute atomic E-state index is 0.188. The van der Waals surface area contributed by atoms with Gasteiger partial charge in [0.2, 0.25) is 0 Å². The molecule has 0 aromatic heterocycles. The summed E-state index contributed by atoms with van der Waals surface area (Å²) in [5.74, 6) is 0. The van der Waals surface area contributed by atoms with E-state index < -0.39 is 0 Å². The maximum atomic E-state index is 8.97. The number of nitrogens with zero attached hydrogens (tertiary/aromatic N) is 1. The Bertz CT molecular complexity index is 336. The average molecular weight is 236 g/mol. The highest BCUT2D eigenvalue weighted by Crippen LogP contribution is 2.19. The third-order valence-electron chi connectivity index (χ3n) is 2.99. The van der Waals surface area contributed by atoms with E-state index >= 15 is 0 Å². The van der Waals surface area contributed by atoms with E-state index in [-0.39, 0.29) is 6.61 Å². The van der Waals surface area contributed by atoms with Crippen molar-refractivity contribution in [1.82, 2.24) is 0 Å². The molecule has 4 nitrogen and oxygen atoms in total. The van der Waals surface area contributed by atoms with Crippen LogP contribution in [0.1, 0.15) is 6.92 Å². The Balaban J connectivity index is 1.95. The molecule has 0 radical (unpaired) electrons. The summed E-state index contributed by atoms with van der Waals surface area (Å²) in [5.41, 5.74) is 2.28. The zero-order chi connectivity index (χ0) is 12.1. The van der Waals surface area contributed by atoms with E-state index in [2.05, 4.69) is 41.4 Å². The van der Waals surface area contributed by atoms with Gasteiger partial charge in [-0.1, -0.05) is 0 Å². The van der Waals surface area contributed by atoms with Crippen LogP contribution < -0.4 is 10.2 Å². The minimum atomic E-state index is 0.188. The Morgan fingerprint density at radius 3 is 2.53 bits per heavy atom. The van der Waals surface area contributed by atoms with Crippen LogP contribution in [-0.4, -0.2) is 44.1 Å². The molecule has 0 atom stereocenters. The SMILES string of the molecule is CCN(CCO)c1ccc(NC2COC2)cc1. The Kier molecular flexibility index (Phi) is 4.23. The zero-order valence-electron chi connectivity index (χ0n) is 10.2. The topological polar surface area (TPSA) is 44.7 Å². The van der Waals surface area contributed by atoms with Crippen molar-refractivity contribution in [1.29, 1.82) is 0 Å². The van der Waals surface area contributed by atoms with Crippen molar-refractivity contribution >= 4 is 11.4 Å². The molecule has 1 aliphatic rings. The van der Waals surface area contributed by atoms with E-state index in [1.807, 2.05) is 0 Å². The highest BCUT2D eigenvalue weighted by atomic mass is 16.5. The number of aliphatic hydroxyl groups excluding tert-OH is 1. The fourth-order valence-electron chi connectivity index (χ4n) is 1.91. The van der Waals surface area contributed by atoms with Crippen LogP contribution in [-0.2, 0) is 4.74 Å². The van der Waals surface area contributed by atoms with Crippen molar-refractivity contribution in [2.75, 3.05) is 43.1 Å². The molecule has 2 N–H and O–H groups in total. The molecule has 0 saturated carbocycles. The van der Waals surface area contributed by atoms with E-state index in [0.29, 0.717) is 12.6 Å². The molecule has 0 bridgehead atoms. The molecule has 0 spiro atoms. The number of benzene rings is 1. The highest BCUT2D eigenvalue weighted by Gasteiger charge is 2.17. The van der Waals surface area contributed by atoms with E-state index in [9.17, 15) is 0 Å². The first-order valence-electron chi connectivity index (χ1n) is 6.13. The Hall–Kier alpha value is -1.26. The Morgan fingerprint density at radius 1 is 1.35 bits per heavy atom. The summed E-state index contributed by atoms with van der Waals surface area (Å²) in [5, 5.41) is 12.4. The molecule has 4 heteroatoms. The summed E-state index contributed by atoms with van der Waals surface area (Å²) in [6.45, 7) is 5.46. The van der Waals surface area contributed by atoms with Gasteiger partial charge in [0.05, 0.1) is 25.9 Å². The molecule has 1 aliphatic heterocycles. The summed E-state index contributed by atoms with van der Waals surface area (Å²) in [6, 6.07) is 8.78. The van der Waals surface area contributed by atoms with Crippen LogP contribution >= 0.6 is 0 Å². The van der Waals surface area contributed by atoms with Crippen molar-refractivity contribution in [2.45, 2.75) is 13.0 Å². The van der Waals surface area contributed by atoms with Crippen LogP contribution in [0.25, 0.3) is 0 Å². The van der Waals surface area contributed by atoms with Crippen LogP contribution in [0.4, 0.5) is 11.4 Å². The van der Waals surface area contributed by atoms with Gasteiger partial charge in [0.1, 0.15) is 0 Å². The molecule has 0 aliphatic carbocycles. The van der Waals surface area contributed by atoms with Crippen molar-refractivity contribution in [3.8, 4) is 0 Å². The molecule has 1 aromatic carbocycles. The molecule has 1 heterocycles. The van der Waals surface area contributed by atoms with Gasteiger partial charge in [0.15, 0.2) is 0 Å². The summed E-state index contributed by atoms with van der Waals surface area (Å²) in [7, 11) is 0. The molecule has 0 amide bonds. The summed E-state index contributed by atoms with van der Waals surface area (Å²) < 4.78 is 5.12. The highest BCUT2D eigenvalue weighted by molar-refractivity contribution is 5.55. The third-order valence-corrected chi connectivity index (χ3v) is 2.99. The van der Waals surface area contributed by atoms with Gasteiger partial charge in [-0.3, -0.25) is 0 Å². The number of hydrogen-bond donors (Lipinski definition) is 2. The predicted octanol–water partition coefficient (Wildman–Crippen LogP) is 1.32. The first-order chi connectivity index (χ1) is 8.33. The van der Waals surface area contributed by atoms with Crippen LogP contribution in [0.3, 0.4) is 0 Å². The fraction of sp³-hybridized carbons (Fsp3) is 0.538. The second-order valence-corrected chi connectivity index (χ2v) is 4.23. The van der Waals surface area contributed by atoms with Crippen LogP contribution in [0, 0.1) is 0 Å². The maximum Gasteiger partial charge on any atom is 0.0728 e. The van der Waals surface area contributed by atoms with Crippen molar-refractivity contribution in [3.63, 3.8) is 0 Å². The lowest BCUT2D eigenvalue weighted by Crippen LogP contribution is -2.40. The molecule has 1 saturated heterocycles. The number of hydrogen-bond acceptors (Lipinski definition) is 4. The van der Waals surface area contributed by atoms with Crippen molar-refractivity contribution in [3.05, 3.63) is 24.3 Å². The predicted molar refractivity (Wildman–Crippen MR) is 69.6 cm³/mol. The molecule has 1 aromatic rings. The summed E-state index contributed by atoms with van der Waals surface area (Å²) in [6.07, 6.45) is 0. The maximum absolute atomic E-state index is 8.97. The number of ether oxygens (including phenoxy) is 1. The molecule has 2 rings (SSSR count). The largest absolute Gasteiger partial charge is 0.395 e. The second kappa shape index (κ2) is 5.89. The second-order valence-electron chi connectivity index (χ2n) is 4.23. The Labute approximate surface area is 102 Å². The van der Waals surface area contributed by atoms with Gasteiger partial charge < -0.3 is 20.1 Å². The van der Waals surface area contributed by atoms with Gasteiger partial charge >= 0.3 is 0 Å². The normalized spacial score (nSPS) is 15.4. The molecule has 1 fully saturated rings. The van der Waals surface area contributed by atoms with Crippen molar-refractivity contribution < 1.29 is 9.84 Å². The van der Waals surface area contributed by atoms with Crippen LogP contribution in [0.15, 0.2) is 24.3 Å². The standard InChI is InChI=1S/C13H20N2O2/c1-2-15(7-8-16)13-5-3-11(4-6-13)14-12-9-17-10-12/h3-6,12,14,16H,2,7-10H2,1H3. The van der Waals surface area contributed by atoms with E-state index in [4.69, 9.17) is 9.84 Å². The van der Waals surface area contributed by atoms with E-state index in [1.165, 1.54) is 0 Å². The number of aliphatic hydroxyl groups is 1. The van der Waals surface area contributed by atoms with Gasteiger partial charge in [-0.15, -0.1) is 0 Å². The Morgan fingerprint density at radius 2 is 2.06 bits per heavy atom. The lowest BCUT2D eigenvalue weighted by atomic mass is 10.2. The van der Waals surface area contributed by atoms with Crippen LogP contribution in [0.5, 0.6) is 0 Å². The van der Waals surface area contributed by atoms with Gasteiger partial charge in [0, 0.05) is 24.5 Å². The quantitative estimate of drug-likeness (QED) is 0.782. The zero-order valence-corrected chi connectivity index (χ0v) is 10.2. The van der Waals surface area contributed by atoms with Gasteiger partial charge in [0.25, 0.3) is 0 Å². The molecule has 0 unspecified atom stereocenters. The molecular formula is C13H20N2O2. The monoisotopic (exact) mass is 236 g/mol. The minimum Gasteiger partial charge on any atom is -0.395 e. The first kappa shape index (κ1) is 12.2. The molecule has 94 valence electrons. The number of anilines is 2. The van der Waals surface area contributed by atoms with E-state index in [1.54, 1.807) is 0 Å². The fourth-order valence-corrected chi connectivity index (χ4v) is 1.91. The summed E-state index contributed by atoms with van der Waals surface area (Å²) in [4.78, 5) is 2.15. The average Bonchev–Trinajstić information content (AvgIpc) is 2.32. The van der Waals surface area contributed by atoms with Gasteiger partial charge in [-0.25, -0.2) is 0 Å². The number of likely N-dealkylation sites (N-methyl/N-ethyl adjacent to an activating group) is 1. The number of nitrogens with one attached hydrogen (secondary N) is 1. The van der Waals surface area contributed by atoms with Gasteiger partial charge in [-0.05, 0) is 31.2 Å². The van der Waals surface area contributed by atoms with Crippen molar-refractivity contribution in [2.24, 2.45) is 0 Å². The smallest absolute Gasteiger partial charge is 0.0728 e. The third kappa shape index (κ3) is 3.11. The number of rotatable bonds is 6. The lowest BCUT2D eigenvalue weighted by Gasteiger charge is -2.28. The molecular weight excluding hydrogens is 216 g/mol. The van der Waals surface area contributed by atoms with E-state index in [0.717, 1.165) is 31.1 Å². The lowest BCUT2D eigenvalue weighted by molar-refractivity contribution is 0.0211. The molecule has 17 heavy (non-hydrogen) atoms. The van der Waals surface area contributed by atoms with Gasteiger partial charge in [-0.2, -0.15) is 0 Å². The first-order valence-corrected chi connectivity index (χ1v) is 6.13. The summed E-state index contributed by atoms with van der Waals surface area (Å²) >= 11 is 0.